The summed E-state index contributed by atoms with van der Waals surface area (Å²) in [5, 5.41) is 0. The van der Waals surface area contributed by atoms with E-state index in [-0.39, 0.29) is 0 Å². The number of hydrogen-bond donors (Lipinski definition) is 0. The van der Waals surface area contributed by atoms with Gasteiger partial charge < -0.3 is 0 Å². The predicted octanol–water partition coefficient (Wildman–Crippen LogP) is 9.05. The molecule has 4 rings (SSSR count). The van der Waals surface area contributed by atoms with Gasteiger partial charge in [-0.2, -0.15) is 0 Å². The summed E-state index contributed by atoms with van der Waals surface area (Å²) in [7, 11) is 0. The summed E-state index contributed by atoms with van der Waals surface area (Å²) in [6.07, 6.45) is 20.4. The first-order valence-electron chi connectivity index (χ1n) is 13.5. The average molecular weight is 399 g/mol. The lowest BCUT2D eigenvalue weighted by Crippen LogP contribution is -2.49. The lowest BCUT2D eigenvalue weighted by Gasteiger charge is -2.58. The third-order valence-corrected chi connectivity index (χ3v) is 11.2. The molecule has 29 heavy (non-hydrogen) atoms. The van der Waals surface area contributed by atoms with Gasteiger partial charge in [-0.1, -0.05) is 85.3 Å². The highest BCUT2D eigenvalue weighted by molar-refractivity contribution is 5.27. The monoisotopic (exact) mass is 398 g/mol. The fraction of sp³-hybridized carbons (Fsp3) is 0.931. The van der Waals surface area contributed by atoms with E-state index in [4.69, 9.17) is 0 Å². The van der Waals surface area contributed by atoms with Crippen molar-refractivity contribution >= 4 is 0 Å². The van der Waals surface area contributed by atoms with Crippen molar-refractivity contribution in [3.05, 3.63) is 11.6 Å². The Hall–Kier alpha value is -0.260. The topological polar surface area (TPSA) is 0 Å². The summed E-state index contributed by atoms with van der Waals surface area (Å²) in [6.45, 7) is 15.3. The van der Waals surface area contributed by atoms with Crippen molar-refractivity contribution in [2.24, 2.45) is 52.3 Å². The normalized spacial score (nSPS) is 46.3. The standard InChI is InChI=1S/C29H50/c1-7-20(2)9-8-10-22(4)25-13-14-26-24-12-11-23-19-21(3)15-17-28(23,5)27(24)16-18-29(25,26)6/h12,20-23,25-27H,7-11,13-19H2,1-6H3/t20?,21-,22+,23-,25?,26?,27?,28-,29+/m0/s1. The maximum atomic E-state index is 2.80. The van der Waals surface area contributed by atoms with E-state index in [0.29, 0.717) is 10.8 Å². The zero-order chi connectivity index (χ0) is 20.8. The SMILES string of the molecule is CCC(C)CCC[C@@H](C)C1CCC2C3=CC[C@H]4C[C@@H](C)CC[C@]4(C)C3CC[C@@]21C. The third-order valence-electron chi connectivity index (χ3n) is 11.2. The van der Waals surface area contributed by atoms with E-state index in [0.717, 1.165) is 41.4 Å². The Kier molecular flexibility index (Phi) is 6.32. The minimum absolute atomic E-state index is 0.600. The van der Waals surface area contributed by atoms with Gasteiger partial charge in [0.2, 0.25) is 0 Å². The minimum Gasteiger partial charge on any atom is -0.0844 e. The molecule has 0 aromatic heterocycles. The second-order valence-corrected chi connectivity index (χ2v) is 12.8. The maximum Gasteiger partial charge on any atom is -0.0143 e. The van der Waals surface area contributed by atoms with Crippen molar-refractivity contribution in [2.75, 3.05) is 0 Å². The molecule has 0 radical (unpaired) electrons. The van der Waals surface area contributed by atoms with Crippen LogP contribution in [0.4, 0.5) is 0 Å². The highest BCUT2D eigenvalue weighted by Crippen LogP contribution is 2.67. The molecule has 0 aromatic carbocycles. The summed E-state index contributed by atoms with van der Waals surface area (Å²) in [4.78, 5) is 0. The summed E-state index contributed by atoms with van der Waals surface area (Å²) in [6, 6.07) is 0. The van der Waals surface area contributed by atoms with E-state index in [1.165, 1.54) is 77.0 Å². The van der Waals surface area contributed by atoms with Gasteiger partial charge in [-0.25, -0.2) is 0 Å². The van der Waals surface area contributed by atoms with E-state index in [1.54, 1.807) is 0 Å². The number of rotatable bonds is 6. The molecule has 0 heteroatoms. The van der Waals surface area contributed by atoms with Crippen LogP contribution in [0.5, 0.6) is 0 Å². The molecule has 0 saturated heterocycles. The Bertz CT molecular complexity index is 601. The first-order chi connectivity index (χ1) is 13.8. The molecule has 166 valence electrons. The van der Waals surface area contributed by atoms with Crippen LogP contribution in [0.15, 0.2) is 11.6 Å². The molecule has 0 aromatic rings. The van der Waals surface area contributed by atoms with Crippen LogP contribution in [-0.2, 0) is 0 Å². The second-order valence-electron chi connectivity index (χ2n) is 12.8. The summed E-state index contributed by atoms with van der Waals surface area (Å²) < 4.78 is 0. The Morgan fingerprint density at radius 2 is 1.69 bits per heavy atom. The third kappa shape index (κ3) is 3.78. The predicted molar refractivity (Wildman–Crippen MR) is 127 cm³/mol. The molecule has 4 unspecified atom stereocenters. The molecule has 3 fully saturated rings. The minimum atomic E-state index is 0.600. The Labute approximate surface area is 182 Å². The Balaban J connectivity index is 1.47. The van der Waals surface area contributed by atoms with Gasteiger partial charge in [0.05, 0.1) is 0 Å². The molecule has 4 aliphatic carbocycles. The lowest BCUT2D eigenvalue weighted by atomic mass is 9.47. The first-order valence-corrected chi connectivity index (χ1v) is 13.5. The molecule has 0 heterocycles. The first kappa shape index (κ1) is 22.0. The van der Waals surface area contributed by atoms with E-state index in [1.807, 2.05) is 5.57 Å². The van der Waals surface area contributed by atoms with Crippen molar-refractivity contribution < 1.29 is 0 Å². The molecular formula is C29H50. The van der Waals surface area contributed by atoms with Crippen LogP contribution in [0, 0.1) is 52.3 Å². The fourth-order valence-corrected chi connectivity index (χ4v) is 8.90. The number of fused-ring (bicyclic) bond motifs is 5. The summed E-state index contributed by atoms with van der Waals surface area (Å²) in [5.74, 6) is 6.59. The molecule has 0 spiro atoms. The molecular weight excluding hydrogens is 348 g/mol. The molecule has 0 amide bonds. The van der Waals surface area contributed by atoms with Gasteiger partial charge in [0, 0.05) is 0 Å². The van der Waals surface area contributed by atoms with Crippen LogP contribution in [-0.4, -0.2) is 0 Å². The molecule has 0 nitrogen and oxygen atoms in total. The molecule has 3 saturated carbocycles. The van der Waals surface area contributed by atoms with Crippen molar-refractivity contribution in [1.29, 1.82) is 0 Å². The van der Waals surface area contributed by atoms with Gasteiger partial charge in [-0.3, -0.25) is 0 Å². The van der Waals surface area contributed by atoms with Crippen molar-refractivity contribution in [3.63, 3.8) is 0 Å². The zero-order valence-electron chi connectivity index (χ0n) is 20.6. The molecule has 9 atom stereocenters. The quantitative estimate of drug-likeness (QED) is 0.391. The van der Waals surface area contributed by atoms with E-state index < -0.39 is 0 Å². The molecule has 4 aliphatic rings. The van der Waals surface area contributed by atoms with Gasteiger partial charge in [0.25, 0.3) is 0 Å². The van der Waals surface area contributed by atoms with Crippen LogP contribution in [0.2, 0.25) is 0 Å². The van der Waals surface area contributed by atoms with Crippen molar-refractivity contribution in [3.8, 4) is 0 Å². The lowest BCUT2D eigenvalue weighted by molar-refractivity contribution is -0.0187. The Morgan fingerprint density at radius 1 is 0.966 bits per heavy atom. The van der Waals surface area contributed by atoms with E-state index >= 15 is 0 Å². The average Bonchev–Trinajstić information content (AvgIpc) is 3.05. The van der Waals surface area contributed by atoms with E-state index in [2.05, 4.69) is 47.6 Å². The van der Waals surface area contributed by atoms with Gasteiger partial charge in [0.15, 0.2) is 0 Å². The molecule has 0 aliphatic heterocycles. The second kappa shape index (κ2) is 8.35. The van der Waals surface area contributed by atoms with Gasteiger partial charge in [-0.05, 0) is 97.2 Å². The van der Waals surface area contributed by atoms with Gasteiger partial charge in [-0.15, -0.1) is 0 Å². The van der Waals surface area contributed by atoms with Crippen LogP contribution in [0.3, 0.4) is 0 Å². The van der Waals surface area contributed by atoms with Crippen molar-refractivity contribution in [1.82, 2.24) is 0 Å². The zero-order valence-corrected chi connectivity index (χ0v) is 20.6. The summed E-state index contributed by atoms with van der Waals surface area (Å²) >= 11 is 0. The largest absolute Gasteiger partial charge is 0.0844 e. The highest BCUT2D eigenvalue weighted by atomic mass is 14.6. The highest BCUT2D eigenvalue weighted by Gasteiger charge is 2.57. The van der Waals surface area contributed by atoms with Gasteiger partial charge in [0.1, 0.15) is 0 Å². The maximum absolute atomic E-state index is 2.80. The smallest absolute Gasteiger partial charge is 0.0143 e. The van der Waals surface area contributed by atoms with Gasteiger partial charge >= 0.3 is 0 Å². The molecule has 0 bridgehead atoms. The molecule has 0 N–H and O–H groups in total. The van der Waals surface area contributed by atoms with Crippen molar-refractivity contribution in [2.45, 2.75) is 119 Å². The number of hydrogen-bond acceptors (Lipinski definition) is 0. The van der Waals surface area contributed by atoms with Crippen LogP contribution in [0.1, 0.15) is 119 Å². The van der Waals surface area contributed by atoms with Crippen LogP contribution >= 0.6 is 0 Å². The fourth-order valence-electron chi connectivity index (χ4n) is 8.90. The van der Waals surface area contributed by atoms with Crippen LogP contribution in [0.25, 0.3) is 0 Å². The van der Waals surface area contributed by atoms with Crippen LogP contribution < -0.4 is 0 Å². The van der Waals surface area contributed by atoms with E-state index in [9.17, 15) is 0 Å². The summed E-state index contributed by atoms with van der Waals surface area (Å²) in [5.41, 5.74) is 3.18. The Morgan fingerprint density at radius 3 is 2.45 bits per heavy atom. The number of allylic oxidation sites excluding steroid dienone is 2.